The van der Waals surface area contributed by atoms with E-state index >= 15 is 0 Å². The Bertz CT molecular complexity index is 264. The third kappa shape index (κ3) is 3.41. The molecule has 15 heavy (non-hydrogen) atoms. The van der Waals surface area contributed by atoms with Crippen molar-refractivity contribution in [3.8, 4) is 0 Å². The van der Waals surface area contributed by atoms with E-state index in [1.807, 2.05) is 6.92 Å². The van der Waals surface area contributed by atoms with E-state index in [-0.39, 0.29) is 17.9 Å². The molecule has 1 fully saturated rings. The van der Waals surface area contributed by atoms with Gasteiger partial charge in [0, 0.05) is 13.0 Å². The highest BCUT2D eigenvalue weighted by Gasteiger charge is 2.43. The number of carbonyl (C=O) groups excluding carboxylic acids is 2. The lowest BCUT2D eigenvalue weighted by Crippen LogP contribution is -2.39. The Balaban J connectivity index is 2.46. The van der Waals surface area contributed by atoms with Gasteiger partial charge >= 0.3 is 0 Å². The second kappa shape index (κ2) is 4.88. The molecule has 2 amide bonds. The summed E-state index contributed by atoms with van der Waals surface area (Å²) in [6.45, 7) is 2.41. The van der Waals surface area contributed by atoms with Crippen molar-refractivity contribution >= 4 is 24.4 Å². The minimum absolute atomic E-state index is 0.0165. The maximum Gasteiger partial charge on any atom is 0.237 e. The number of amides is 2. The van der Waals surface area contributed by atoms with Gasteiger partial charge in [-0.3, -0.25) is 9.59 Å². The molecule has 0 aromatic heterocycles. The lowest BCUT2D eigenvalue weighted by Gasteiger charge is -2.21. The van der Waals surface area contributed by atoms with E-state index in [0.29, 0.717) is 13.0 Å². The molecule has 0 atom stereocenters. The first kappa shape index (κ1) is 12.4. The van der Waals surface area contributed by atoms with E-state index in [9.17, 15) is 9.59 Å². The molecule has 0 radical (unpaired) electrons. The summed E-state index contributed by atoms with van der Waals surface area (Å²) in [4.78, 5) is 24.1. The quantitative estimate of drug-likeness (QED) is 0.650. The Labute approximate surface area is 95.6 Å². The Morgan fingerprint density at radius 2 is 2.07 bits per heavy atom. The van der Waals surface area contributed by atoms with Crippen LogP contribution in [-0.2, 0) is 9.59 Å². The average Bonchev–Trinajstić information content (AvgIpc) is 2.94. The summed E-state index contributed by atoms with van der Waals surface area (Å²) in [6, 6.07) is 0. The van der Waals surface area contributed by atoms with Gasteiger partial charge in [0.15, 0.2) is 0 Å². The van der Waals surface area contributed by atoms with E-state index < -0.39 is 5.91 Å². The molecule has 5 heteroatoms. The van der Waals surface area contributed by atoms with Crippen molar-refractivity contribution < 1.29 is 9.59 Å². The maximum absolute atomic E-state index is 11.8. The molecule has 0 aromatic carbocycles. The van der Waals surface area contributed by atoms with Gasteiger partial charge in [0.25, 0.3) is 0 Å². The zero-order valence-corrected chi connectivity index (χ0v) is 9.93. The number of nitrogens with two attached hydrogens (primary N) is 1. The van der Waals surface area contributed by atoms with E-state index in [2.05, 4.69) is 12.6 Å². The van der Waals surface area contributed by atoms with Gasteiger partial charge in [-0.25, -0.2) is 0 Å². The molecular formula is C10H18N2O2S. The minimum atomic E-state index is -0.457. The number of rotatable bonds is 6. The first-order valence-corrected chi connectivity index (χ1v) is 5.83. The lowest BCUT2D eigenvalue weighted by molar-refractivity contribution is -0.135. The summed E-state index contributed by atoms with van der Waals surface area (Å²) < 4.78 is 0. The molecule has 4 nitrogen and oxygen atoms in total. The van der Waals surface area contributed by atoms with Gasteiger partial charge in [-0.05, 0) is 30.9 Å². The summed E-state index contributed by atoms with van der Waals surface area (Å²) in [5.41, 5.74) is 5.17. The predicted octanol–water partition coefficient (Wildman–Crippen LogP) is 0.420. The van der Waals surface area contributed by atoms with Crippen molar-refractivity contribution in [3.05, 3.63) is 0 Å². The number of carbonyl (C=O) groups is 2. The molecule has 1 rings (SSSR count). The molecular weight excluding hydrogens is 212 g/mol. The molecule has 1 saturated carbocycles. The minimum Gasteiger partial charge on any atom is -0.368 e. The molecule has 0 heterocycles. The number of likely N-dealkylation sites (N-methyl/N-ethyl adjacent to an activating group) is 1. The number of hydrogen-bond acceptors (Lipinski definition) is 3. The largest absolute Gasteiger partial charge is 0.368 e. The number of nitrogens with zero attached hydrogens (tertiary/aromatic N) is 1. The highest BCUT2D eigenvalue weighted by Crippen LogP contribution is 2.49. The Morgan fingerprint density at radius 3 is 2.40 bits per heavy atom. The summed E-state index contributed by atoms with van der Waals surface area (Å²) in [7, 11) is 0. The second-order valence-corrected chi connectivity index (χ2v) is 4.53. The third-order valence-electron chi connectivity index (χ3n) is 2.90. The van der Waals surface area contributed by atoms with Crippen LogP contribution >= 0.6 is 12.6 Å². The molecule has 0 spiro atoms. The van der Waals surface area contributed by atoms with Gasteiger partial charge in [0.2, 0.25) is 11.8 Å². The van der Waals surface area contributed by atoms with Crippen LogP contribution in [0.1, 0.15) is 26.2 Å². The second-order valence-electron chi connectivity index (χ2n) is 4.21. The fourth-order valence-corrected chi connectivity index (χ4v) is 1.99. The smallest absolute Gasteiger partial charge is 0.237 e. The summed E-state index contributed by atoms with van der Waals surface area (Å²) >= 11 is 4.24. The van der Waals surface area contributed by atoms with Crippen LogP contribution in [0.5, 0.6) is 0 Å². The lowest BCUT2D eigenvalue weighted by atomic mass is 10.0. The number of hydrogen-bond donors (Lipinski definition) is 2. The molecule has 2 N–H and O–H groups in total. The monoisotopic (exact) mass is 230 g/mol. The normalized spacial score (nSPS) is 17.2. The van der Waals surface area contributed by atoms with Crippen molar-refractivity contribution in [1.82, 2.24) is 4.90 Å². The predicted molar refractivity (Wildman–Crippen MR) is 61.6 cm³/mol. The first-order valence-electron chi connectivity index (χ1n) is 5.20. The molecule has 0 unspecified atom stereocenters. The van der Waals surface area contributed by atoms with Crippen LogP contribution in [0, 0.1) is 5.41 Å². The Hall–Kier alpha value is -0.710. The van der Waals surface area contributed by atoms with Crippen molar-refractivity contribution in [2.45, 2.75) is 26.2 Å². The molecule has 1 aliphatic carbocycles. The number of thiol groups is 1. The molecule has 86 valence electrons. The highest BCUT2D eigenvalue weighted by atomic mass is 32.1. The Morgan fingerprint density at radius 1 is 1.47 bits per heavy atom. The highest BCUT2D eigenvalue weighted by molar-refractivity contribution is 7.80. The zero-order chi connectivity index (χ0) is 11.5. The molecule has 0 aliphatic heterocycles. The van der Waals surface area contributed by atoms with Crippen LogP contribution < -0.4 is 5.73 Å². The topological polar surface area (TPSA) is 63.4 Å². The van der Waals surface area contributed by atoms with E-state index in [1.165, 1.54) is 4.90 Å². The van der Waals surface area contributed by atoms with E-state index in [0.717, 1.165) is 18.6 Å². The third-order valence-corrected chi connectivity index (χ3v) is 3.57. The summed E-state index contributed by atoms with van der Waals surface area (Å²) in [5.74, 6) is 0.302. The van der Waals surface area contributed by atoms with Gasteiger partial charge in [-0.2, -0.15) is 12.6 Å². The zero-order valence-electron chi connectivity index (χ0n) is 9.03. The summed E-state index contributed by atoms with van der Waals surface area (Å²) in [5, 5.41) is 0. The van der Waals surface area contributed by atoms with Crippen LogP contribution in [0.4, 0.5) is 0 Å². The van der Waals surface area contributed by atoms with E-state index in [4.69, 9.17) is 5.73 Å². The fraction of sp³-hybridized carbons (Fsp3) is 0.800. The molecule has 0 saturated heterocycles. The SMILES string of the molecule is CCN(CC(N)=O)C(=O)CC1(CS)CC1. The van der Waals surface area contributed by atoms with Crippen LogP contribution in [0.3, 0.4) is 0 Å². The molecule has 0 aromatic rings. The maximum atomic E-state index is 11.8. The van der Waals surface area contributed by atoms with Gasteiger partial charge in [-0.1, -0.05) is 0 Å². The van der Waals surface area contributed by atoms with Crippen LogP contribution in [0.25, 0.3) is 0 Å². The number of primary amides is 1. The van der Waals surface area contributed by atoms with Crippen LogP contribution in [-0.4, -0.2) is 35.6 Å². The van der Waals surface area contributed by atoms with Gasteiger partial charge in [0.05, 0.1) is 6.54 Å². The fourth-order valence-electron chi connectivity index (χ4n) is 1.56. The van der Waals surface area contributed by atoms with Crippen LogP contribution in [0.15, 0.2) is 0 Å². The van der Waals surface area contributed by atoms with Gasteiger partial charge in [-0.15, -0.1) is 0 Å². The standard InChI is InChI=1S/C10H18N2O2S/c1-2-12(6-8(11)13)9(14)5-10(7-15)3-4-10/h15H,2-7H2,1H3,(H2,11,13). The summed E-state index contributed by atoms with van der Waals surface area (Å²) in [6.07, 6.45) is 2.63. The first-order chi connectivity index (χ1) is 7.03. The Kier molecular flexibility index (Phi) is 4.02. The van der Waals surface area contributed by atoms with Crippen molar-refractivity contribution in [1.29, 1.82) is 0 Å². The van der Waals surface area contributed by atoms with Crippen LogP contribution in [0.2, 0.25) is 0 Å². The average molecular weight is 230 g/mol. The molecule has 1 aliphatic rings. The molecule has 0 bridgehead atoms. The van der Waals surface area contributed by atoms with Crippen molar-refractivity contribution in [2.24, 2.45) is 11.1 Å². The van der Waals surface area contributed by atoms with E-state index in [1.54, 1.807) is 0 Å². The van der Waals surface area contributed by atoms with Gasteiger partial charge in [0.1, 0.15) is 0 Å². The van der Waals surface area contributed by atoms with Gasteiger partial charge < -0.3 is 10.6 Å². The van der Waals surface area contributed by atoms with Crippen molar-refractivity contribution in [2.75, 3.05) is 18.8 Å². The van der Waals surface area contributed by atoms with Crippen molar-refractivity contribution in [3.63, 3.8) is 0 Å².